The molecule has 1 aliphatic rings. The Labute approximate surface area is 206 Å². The molecule has 2 N–H and O–H groups in total. The molecule has 1 fully saturated rings. The first-order valence-corrected chi connectivity index (χ1v) is 12.7. The molecule has 1 unspecified atom stereocenters. The van der Waals surface area contributed by atoms with Gasteiger partial charge in [-0.25, -0.2) is 9.78 Å². The molecule has 1 aromatic heterocycles. The molecule has 0 aliphatic heterocycles. The van der Waals surface area contributed by atoms with Gasteiger partial charge in [0.05, 0.1) is 16.6 Å². The van der Waals surface area contributed by atoms with Crippen molar-refractivity contribution in [1.29, 1.82) is 0 Å². The highest BCUT2D eigenvalue weighted by atomic mass is 32.1. The fraction of sp³-hybridized carbons (Fsp3) is 0.444. The monoisotopic (exact) mass is 479 g/mol. The van der Waals surface area contributed by atoms with E-state index in [0.717, 1.165) is 52.8 Å². The number of aryl methyl sites for hydroxylation is 2. The highest BCUT2D eigenvalue weighted by molar-refractivity contribution is 7.80. The van der Waals surface area contributed by atoms with Crippen molar-refractivity contribution in [3.05, 3.63) is 64.5 Å². The molecule has 1 aliphatic carbocycles. The van der Waals surface area contributed by atoms with Crippen LogP contribution < -0.4 is 5.32 Å². The van der Waals surface area contributed by atoms with Crippen LogP contribution in [0.3, 0.4) is 0 Å². The highest BCUT2D eigenvalue weighted by Crippen LogP contribution is 2.35. The number of carboxylic acid groups (broad SMARTS) is 1. The van der Waals surface area contributed by atoms with Crippen LogP contribution in [-0.2, 0) is 24.3 Å². The zero-order chi connectivity index (χ0) is 24.2. The van der Waals surface area contributed by atoms with Gasteiger partial charge in [0.2, 0.25) is 5.91 Å². The van der Waals surface area contributed by atoms with Gasteiger partial charge in [0, 0.05) is 31.2 Å². The van der Waals surface area contributed by atoms with Gasteiger partial charge < -0.3 is 15.0 Å². The number of nitrogens with zero attached hydrogens (tertiary/aromatic N) is 2. The largest absolute Gasteiger partial charge is 0.478 e. The number of imidazole rings is 1. The minimum absolute atomic E-state index is 0.0314. The van der Waals surface area contributed by atoms with E-state index in [4.69, 9.17) is 4.98 Å². The molecule has 6 nitrogen and oxygen atoms in total. The van der Waals surface area contributed by atoms with Gasteiger partial charge in [-0.05, 0) is 60.6 Å². The molecule has 3 aromatic rings. The smallest absolute Gasteiger partial charge is 0.335 e. The van der Waals surface area contributed by atoms with E-state index < -0.39 is 5.97 Å². The van der Waals surface area contributed by atoms with Gasteiger partial charge in [-0.1, -0.05) is 38.0 Å². The van der Waals surface area contributed by atoms with Crippen molar-refractivity contribution in [2.24, 2.45) is 11.8 Å². The van der Waals surface area contributed by atoms with Crippen LogP contribution in [0.25, 0.3) is 11.0 Å². The number of thiol groups is 1. The zero-order valence-electron chi connectivity index (χ0n) is 19.9. The molecule has 0 bridgehead atoms. The number of carbonyl (C=O) groups is 2. The highest BCUT2D eigenvalue weighted by Gasteiger charge is 2.28. The second-order valence-electron chi connectivity index (χ2n) is 9.42. The van der Waals surface area contributed by atoms with Crippen molar-refractivity contribution in [1.82, 2.24) is 14.9 Å². The van der Waals surface area contributed by atoms with E-state index in [2.05, 4.69) is 48.5 Å². The number of nitrogens with one attached hydrogen (secondary N) is 1. The predicted octanol–water partition coefficient (Wildman–Crippen LogP) is 5.01. The second-order valence-corrected chi connectivity index (χ2v) is 9.79. The van der Waals surface area contributed by atoms with E-state index in [1.807, 2.05) is 12.1 Å². The Morgan fingerprint density at radius 2 is 1.94 bits per heavy atom. The number of rotatable bonds is 11. The Kier molecular flexibility index (Phi) is 7.61. The summed E-state index contributed by atoms with van der Waals surface area (Å²) >= 11 is 4.40. The van der Waals surface area contributed by atoms with Gasteiger partial charge in [0.25, 0.3) is 0 Å². The maximum absolute atomic E-state index is 12.7. The molecule has 1 heterocycles. The summed E-state index contributed by atoms with van der Waals surface area (Å²) < 4.78 is 2.22. The van der Waals surface area contributed by atoms with Crippen molar-refractivity contribution in [2.75, 3.05) is 5.75 Å². The molecular weight excluding hydrogens is 446 g/mol. The Bertz CT molecular complexity index is 1180. The van der Waals surface area contributed by atoms with Gasteiger partial charge in [0.1, 0.15) is 5.82 Å². The van der Waals surface area contributed by atoms with Gasteiger partial charge in [-0.2, -0.15) is 12.6 Å². The van der Waals surface area contributed by atoms with E-state index in [-0.39, 0.29) is 17.4 Å². The van der Waals surface area contributed by atoms with Crippen molar-refractivity contribution >= 4 is 35.5 Å². The van der Waals surface area contributed by atoms with Gasteiger partial charge >= 0.3 is 5.97 Å². The average Bonchev–Trinajstić information content (AvgIpc) is 3.58. The van der Waals surface area contributed by atoms with Crippen LogP contribution in [0.2, 0.25) is 0 Å². The molecule has 0 spiro atoms. The number of aromatic carboxylic acids is 1. The van der Waals surface area contributed by atoms with Gasteiger partial charge in [0.15, 0.2) is 0 Å². The van der Waals surface area contributed by atoms with Crippen LogP contribution in [0.15, 0.2) is 36.4 Å². The quantitative estimate of drug-likeness (QED) is 0.338. The normalized spacial score (nSPS) is 14.3. The summed E-state index contributed by atoms with van der Waals surface area (Å²) in [5.74, 6) is 1.41. The number of fused-ring (bicyclic) bond motifs is 1. The van der Waals surface area contributed by atoms with Gasteiger partial charge in [-0.15, -0.1) is 0 Å². The molecule has 0 saturated heterocycles. The van der Waals surface area contributed by atoms with E-state index in [9.17, 15) is 14.7 Å². The van der Waals surface area contributed by atoms with E-state index >= 15 is 0 Å². The number of amides is 1. The summed E-state index contributed by atoms with van der Waals surface area (Å²) in [7, 11) is 0. The second kappa shape index (κ2) is 10.6. The first-order chi connectivity index (χ1) is 16.4. The summed E-state index contributed by atoms with van der Waals surface area (Å²) in [4.78, 5) is 28.8. The molecule has 7 heteroatoms. The average molecular weight is 480 g/mol. The van der Waals surface area contributed by atoms with Crippen LogP contribution in [-0.4, -0.2) is 32.3 Å². The van der Waals surface area contributed by atoms with Crippen molar-refractivity contribution in [3.63, 3.8) is 0 Å². The van der Waals surface area contributed by atoms with Gasteiger partial charge in [-0.3, -0.25) is 4.79 Å². The lowest BCUT2D eigenvalue weighted by Gasteiger charge is -2.15. The number of aromatic nitrogens is 2. The molecule has 1 atom stereocenters. The van der Waals surface area contributed by atoms with E-state index in [1.165, 1.54) is 12.8 Å². The van der Waals surface area contributed by atoms with Crippen LogP contribution in [0, 0.1) is 18.8 Å². The van der Waals surface area contributed by atoms with Crippen LogP contribution in [0.5, 0.6) is 0 Å². The molecule has 0 radical (unpaired) electrons. The lowest BCUT2D eigenvalue weighted by atomic mass is 10.0. The van der Waals surface area contributed by atoms with Crippen molar-refractivity contribution in [3.8, 4) is 0 Å². The molecule has 2 aromatic carbocycles. The Morgan fingerprint density at radius 3 is 2.56 bits per heavy atom. The topological polar surface area (TPSA) is 84.2 Å². The maximum Gasteiger partial charge on any atom is 0.335 e. The molecule has 4 rings (SSSR count). The van der Waals surface area contributed by atoms with Crippen LogP contribution in [0.1, 0.15) is 65.5 Å². The number of hydrogen-bond donors (Lipinski definition) is 3. The summed E-state index contributed by atoms with van der Waals surface area (Å²) in [6.45, 7) is 5.29. The lowest BCUT2D eigenvalue weighted by molar-refractivity contribution is -0.124. The standard InChI is InChI=1S/C27H33N3O3S/c1-3-4-24-29-25-17(2)11-20(14-28-26(31)22(16-34)12-18-5-6-18)13-23(25)30(24)15-19-7-9-21(10-8-19)27(32)33/h7-11,13,18,22,34H,3-6,12,14-16H2,1-2H3,(H,28,31)(H,32,33). The van der Waals surface area contributed by atoms with E-state index in [0.29, 0.717) is 24.8 Å². The molecule has 1 saturated carbocycles. The third-order valence-corrected chi connectivity index (χ3v) is 7.01. The summed E-state index contributed by atoms with van der Waals surface area (Å²) in [5, 5.41) is 12.3. The Hall–Kier alpha value is -2.80. The van der Waals surface area contributed by atoms with Crippen molar-refractivity contribution < 1.29 is 14.7 Å². The fourth-order valence-corrected chi connectivity index (χ4v) is 4.81. The third kappa shape index (κ3) is 5.63. The summed E-state index contributed by atoms with van der Waals surface area (Å²) in [6, 6.07) is 11.2. The molecule has 34 heavy (non-hydrogen) atoms. The number of hydrogen-bond acceptors (Lipinski definition) is 4. The number of benzene rings is 2. The minimum Gasteiger partial charge on any atom is -0.478 e. The summed E-state index contributed by atoms with van der Waals surface area (Å²) in [5.41, 5.74) is 5.45. The third-order valence-electron chi connectivity index (χ3n) is 6.57. The Morgan fingerprint density at radius 1 is 1.21 bits per heavy atom. The predicted molar refractivity (Wildman–Crippen MR) is 137 cm³/mol. The lowest BCUT2D eigenvalue weighted by Crippen LogP contribution is -2.31. The van der Waals surface area contributed by atoms with Crippen LogP contribution in [0.4, 0.5) is 0 Å². The minimum atomic E-state index is -0.925. The van der Waals surface area contributed by atoms with Crippen molar-refractivity contribution in [2.45, 2.75) is 59.0 Å². The fourth-order valence-electron chi connectivity index (χ4n) is 4.50. The molecule has 180 valence electrons. The maximum atomic E-state index is 12.7. The number of carbonyl (C=O) groups excluding carboxylic acids is 1. The van der Waals surface area contributed by atoms with E-state index in [1.54, 1.807) is 12.1 Å². The molecular formula is C27H33N3O3S. The zero-order valence-corrected chi connectivity index (χ0v) is 20.8. The SMILES string of the molecule is CCCc1nc2c(C)cc(CNC(=O)C(CS)CC3CC3)cc2n1Cc1ccc(C(=O)O)cc1. The molecule has 1 amide bonds. The summed E-state index contributed by atoms with van der Waals surface area (Å²) in [6.07, 6.45) is 5.24. The first-order valence-electron chi connectivity index (χ1n) is 12.1. The number of carboxylic acids is 1. The van der Waals surface area contributed by atoms with Crippen LogP contribution >= 0.6 is 12.6 Å². The first kappa shape index (κ1) is 24.3. The Balaban J connectivity index is 1.58.